The molecule has 1 unspecified atom stereocenters. The fourth-order valence-corrected chi connectivity index (χ4v) is 2.67. The molecule has 0 bridgehead atoms. The van der Waals surface area contributed by atoms with Gasteiger partial charge < -0.3 is 4.74 Å². The Labute approximate surface area is 117 Å². The minimum Gasteiger partial charge on any atom is -0.372 e. The van der Waals surface area contributed by atoms with E-state index in [9.17, 15) is 8.78 Å². The summed E-state index contributed by atoms with van der Waals surface area (Å²) in [6, 6.07) is 8.04. The van der Waals surface area contributed by atoms with E-state index in [1.165, 1.54) is 5.56 Å². The highest BCUT2D eigenvalue weighted by Gasteiger charge is 2.24. The maximum Gasteiger partial charge on any atom is 0.251 e. The number of alkyl halides is 3. The van der Waals surface area contributed by atoms with Gasteiger partial charge in [0, 0.05) is 19.0 Å². The maximum absolute atomic E-state index is 12.5. The van der Waals surface area contributed by atoms with E-state index in [4.69, 9.17) is 16.3 Å². The highest BCUT2D eigenvalue weighted by Crippen LogP contribution is 2.27. The molecular weight excluding hydrogens is 272 g/mol. The van der Waals surface area contributed by atoms with Gasteiger partial charge in [-0.25, -0.2) is 8.78 Å². The van der Waals surface area contributed by atoms with Crippen molar-refractivity contribution in [2.75, 3.05) is 32.1 Å². The van der Waals surface area contributed by atoms with Crippen LogP contribution in [0.15, 0.2) is 24.3 Å². The third-order valence-electron chi connectivity index (χ3n) is 3.31. The smallest absolute Gasteiger partial charge is 0.251 e. The van der Waals surface area contributed by atoms with Crippen LogP contribution in [0.4, 0.5) is 8.78 Å². The average molecular weight is 290 g/mol. The van der Waals surface area contributed by atoms with E-state index in [2.05, 4.69) is 6.07 Å². The molecule has 5 heteroatoms. The summed E-state index contributed by atoms with van der Waals surface area (Å²) >= 11 is 5.67. The summed E-state index contributed by atoms with van der Waals surface area (Å²) in [6.45, 7) is 1.31. The number of hydrogen-bond acceptors (Lipinski definition) is 2. The number of rotatable bonds is 6. The molecule has 1 heterocycles. The lowest BCUT2D eigenvalue weighted by molar-refractivity contribution is 0.00268. The Hall–Kier alpha value is -0.710. The minimum absolute atomic E-state index is 0.132. The Morgan fingerprint density at radius 2 is 2.16 bits per heavy atom. The van der Waals surface area contributed by atoms with E-state index in [1.807, 2.05) is 18.2 Å². The molecule has 0 N–H and O–H groups in total. The summed E-state index contributed by atoms with van der Waals surface area (Å²) < 4.78 is 30.8. The molecular formula is C14H18ClF2NO. The first-order valence-corrected chi connectivity index (χ1v) is 7.00. The van der Waals surface area contributed by atoms with Gasteiger partial charge in [0.2, 0.25) is 0 Å². The molecule has 0 radical (unpaired) electrons. The van der Waals surface area contributed by atoms with Crippen LogP contribution >= 0.6 is 11.6 Å². The lowest BCUT2D eigenvalue weighted by atomic mass is 9.97. The van der Waals surface area contributed by atoms with Crippen molar-refractivity contribution >= 4 is 11.6 Å². The van der Waals surface area contributed by atoms with Crippen LogP contribution in [0.3, 0.4) is 0 Å². The number of hydrogen-bond donors (Lipinski definition) is 0. The Morgan fingerprint density at radius 1 is 1.37 bits per heavy atom. The van der Waals surface area contributed by atoms with E-state index in [0.717, 1.165) is 12.0 Å². The number of nitrogens with zero attached hydrogens (tertiary/aromatic N) is 1. The second-order valence-electron chi connectivity index (χ2n) is 4.65. The van der Waals surface area contributed by atoms with Crippen molar-refractivity contribution in [2.45, 2.75) is 19.0 Å². The molecule has 0 fully saturated rings. The van der Waals surface area contributed by atoms with Crippen molar-refractivity contribution < 1.29 is 13.5 Å². The third kappa shape index (κ3) is 4.13. The molecule has 0 spiro atoms. The van der Waals surface area contributed by atoms with Crippen LogP contribution in [0.2, 0.25) is 0 Å². The van der Waals surface area contributed by atoms with E-state index in [-0.39, 0.29) is 12.6 Å². The standard InChI is InChI=1S/C14H18ClF2NO/c15-6-7-18(10-14(16)17)9-13-12-4-2-1-3-11(12)5-8-19-13/h1-4,13-14H,5-10H2. The quantitative estimate of drug-likeness (QED) is 0.746. The molecule has 0 aromatic heterocycles. The molecule has 1 aromatic carbocycles. The molecule has 0 saturated carbocycles. The molecule has 2 nitrogen and oxygen atoms in total. The summed E-state index contributed by atoms with van der Waals surface area (Å²) in [4.78, 5) is 1.67. The molecule has 0 amide bonds. The lowest BCUT2D eigenvalue weighted by Crippen LogP contribution is -2.36. The molecule has 0 aliphatic carbocycles. The normalized spacial score (nSPS) is 18.9. The second-order valence-corrected chi connectivity index (χ2v) is 5.03. The van der Waals surface area contributed by atoms with Crippen molar-refractivity contribution in [3.8, 4) is 0 Å². The molecule has 1 aliphatic heterocycles. The van der Waals surface area contributed by atoms with Gasteiger partial charge in [-0.15, -0.1) is 11.6 Å². The van der Waals surface area contributed by atoms with Gasteiger partial charge in [-0.2, -0.15) is 0 Å². The molecule has 2 rings (SSSR count). The van der Waals surface area contributed by atoms with Crippen molar-refractivity contribution in [1.29, 1.82) is 0 Å². The van der Waals surface area contributed by atoms with Gasteiger partial charge in [0.05, 0.1) is 19.3 Å². The van der Waals surface area contributed by atoms with E-state index >= 15 is 0 Å². The first-order chi connectivity index (χ1) is 9.20. The predicted octanol–water partition coefficient (Wildman–Crippen LogP) is 3.11. The first-order valence-electron chi connectivity index (χ1n) is 6.46. The Bertz CT molecular complexity index is 403. The maximum atomic E-state index is 12.5. The molecule has 1 aliphatic rings. The largest absolute Gasteiger partial charge is 0.372 e. The van der Waals surface area contributed by atoms with E-state index in [1.54, 1.807) is 4.90 Å². The van der Waals surface area contributed by atoms with Gasteiger partial charge in [-0.05, 0) is 17.5 Å². The second kappa shape index (κ2) is 7.17. The van der Waals surface area contributed by atoms with Crippen LogP contribution in [0.25, 0.3) is 0 Å². The van der Waals surface area contributed by atoms with Gasteiger partial charge >= 0.3 is 0 Å². The number of benzene rings is 1. The fourth-order valence-electron chi connectivity index (χ4n) is 2.43. The van der Waals surface area contributed by atoms with Crippen LogP contribution in [0, 0.1) is 0 Å². The minimum atomic E-state index is -2.35. The van der Waals surface area contributed by atoms with E-state index in [0.29, 0.717) is 25.6 Å². The summed E-state index contributed by atoms with van der Waals surface area (Å²) in [7, 11) is 0. The predicted molar refractivity (Wildman–Crippen MR) is 72.0 cm³/mol. The third-order valence-corrected chi connectivity index (χ3v) is 3.48. The van der Waals surface area contributed by atoms with Crippen molar-refractivity contribution in [3.63, 3.8) is 0 Å². The Morgan fingerprint density at radius 3 is 2.89 bits per heavy atom. The summed E-state index contributed by atoms with van der Waals surface area (Å²) in [5, 5.41) is 0. The first kappa shape index (κ1) is 14.7. The summed E-state index contributed by atoms with van der Waals surface area (Å²) in [5.41, 5.74) is 2.37. The molecule has 1 atom stereocenters. The summed E-state index contributed by atoms with van der Waals surface area (Å²) in [5.74, 6) is 0.348. The molecule has 19 heavy (non-hydrogen) atoms. The van der Waals surface area contributed by atoms with Gasteiger partial charge in [0.1, 0.15) is 0 Å². The molecule has 1 aromatic rings. The zero-order valence-corrected chi connectivity index (χ0v) is 11.5. The van der Waals surface area contributed by atoms with Gasteiger partial charge in [0.25, 0.3) is 6.43 Å². The highest BCUT2D eigenvalue weighted by molar-refractivity contribution is 6.18. The number of fused-ring (bicyclic) bond motifs is 1. The van der Waals surface area contributed by atoms with Crippen LogP contribution in [0.5, 0.6) is 0 Å². The lowest BCUT2D eigenvalue weighted by Gasteiger charge is -2.31. The number of halogens is 3. The Balaban J connectivity index is 2.05. The summed E-state index contributed by atoms with van der Waals surface area (Å²) in [6.07, 6.45) is -1.59. The van der Waals surface area contributed by atoms with Gasteiger partial charge in [0.15, 0.2) is 0 Å². The van der Waals surface area contributed by atoms with Crippen molar-refractivity contribution in [2.24, 2.45) is 0 Å². The van der Waals surface area contributed by atoms with Gasteiger partial charge in [-0.3, -0.25) is 4.90 Å². The highest BCUT2D eigenvalue weighted by atomic mass is 35.5. The van der Waals surface area contributed by atoms with Crippen LogP contribution in [-0.2, 0) is 11.2 Å². The molecule has 106 valence electrons. The van der Waals surface area contributed by atoms with Crippen LogP contribution in [0.1, 0.15) is 17.2 Å². The van der Waals surface area contributed by atoms with E-state index < -0.39 is 6.43 Å². The van der Waals surface area contributed by atoms with Crippen LogP contribution < -0.4 is 0 Å². The average Bonchev–Trinajstić information content (AvgIpc) is 2.39. The van der Waals surface area contributed by atoms with Crippen molar-refractivity contribution in [1.82, 2.24) is 4.90 Å². The number of ether oxygens (including phenoxy) is 1. The van der Waals surface area contributed by atoms with Crippen molar-refractivity contribution in [3.05, 3.63) is 35.4 Å². The monoisotopic (exact) mass is 289 g/mol. The molecule has 0 saturated heterocycles. The van der Waals surface area contributed by atoms with Gasteiger partial charge in [-0.1, -0.05) is 24.3 Å². The van der Waals surface area contributed by atoms with Crippen LogP contribution in [-0.4, -0.2) is 43.4 Å². The Kier molecular flexibility index (Phi) is 5.55. The zero-order chi connectivity index (χ0) is 13.7. The topological polar surface area (TPSA) is 12.5 Å². The fraction of sp³-hybridized carbons (Fsp3) is 0.571. The zero-order valence-electron chi connectivity index (χ0n) is 10.7. The SMILES string of the molecule is FC(F)CN(CCCl)CC1OCCc2ccccc21.